The van der Waals surface area contributed by atoms with E-state index < -0.39 is 21.9 Å². The number of ether oxygens (including phenoxy) is 1. The molecule has 0 aliphatic carbocycles. The molecule has 1 heterocycles. The molecule has 0 saturated carbocycles. The molecule has 0 aliphatic rings. The lowest BCUT2D eigenvalue weighted by molar-refractivity contribution is -0.141. The summed E-state index contributed by atoms with van der Waals surface area (Å²) in [4.78, 5) is 10.9. The topological polar surface area (TPSA) is 60.4 Å². The highest BCUT2D eigenvalue weighted by Crippen LogP contribution is 2.18. The van der Waals surface area contributed by atoms with E-state index in [0.29, 0.717) is 0 Å². The third-order valence-electron chi connectivity index (χ3n) is 1.74. The maximum absolute atomic E-state index is 11.8. The molecule has 0 amide bonds. The molecule has 1 atom stereocenters. The molecular formula is C10H12O4S2. The third-order valence-corrected chi connectivity index (χ3v) is 5.11. The van der Waals surface area contributed by atoms with Crippen molar-refractivity contribution in [3.63, 3.8) is 0 Å². The third kappa shape index (κ3) is 3.46. The molecule has 1 rings (SSSR count). The first-order valence-electron chi connectivity index (χ1n) is 4.55. The van der Waals surface area contributed by atoms with Crippen LogP contribution in [0.4, 0.5) is 0 Å². The Bertz CT molecular complexity index is 459. The van der Waals surface area contributed by atoms with Crippen LogP contribution in [0, 0.1) is 0 Å². The van der Waals surface area contributed by atoms with E-state index >= 15 is 0 Å². The van der Waals surface area contributed by atoms with Crippen LogP contribution >= 0.6 is 11.3 Å². The van der Waals surface area contributed by atoms with Gasteiger partial charge in [0.2, 0.25) is 0 Å². The second-order valence-electron chi connectivity index (χ2n) is 3.17. The maximum atomic E-state index is 11.8. The zero-order chi connectivity index (χ0) is 12.2. The van der Waals surface area contributed by atoms with E-state index in [1.807, 2.05) is 0 Å². The van der Waals surface area contributed by atoms with E-state index in [1.54, 1.807) is 11.4 Å². The van der Waals surface area contributed by atoms with Crippen LogP contribution in [0.15, 0.2) is 34.4 Å². The monoisotopic (exact) mass is 260 g/mol. The van der Waals surface area contributed by atoms with Crippen LogP contribution < -0.4 is 0 Å². The molecule has 4 nitrogen and oxygen atoms in total. The molecule has 1 aromatic rings. The van der Waals surface area contributed by atoms with Gasteiger partial charge in [-0.2, -0.15) is 0 Å². The Balaban J connectivity index is 2.67. The Morgan fingerprint density at radius 3 is 2.88 bits per heavy atom. The van der Waals surface area contributed by atoms with Crippen molar-refractivity contribution >= 4 is 27.1 Å². The molecule has 0 fully saturated rings. The number of sulfone groups is 1. The zero-order valence-corrected chi connectivity index (χ0v) is 10.4. The van der Waals surface area contributed by atoms with E-state index in [2.05, 4.69) is 6.58 Å². The van der Waals surface area contributed by atoms with E-state index in [0.717, 1.165) is 17.4 Å². The van der Waals surface area contributed by atoms with Crippen LogP contribution in [0.5, 0.6) is 0 Å². The largest absolute Gasteiger partial charge is 0.458 e. The van der Waals surface area contributed by atoms with Gasteiger partial charge >= 0.3 is 5.97 Å². The summed E-state index contributed by atoms with van der Waals surface area (Å²) in [6, 6.07) is 3.19. The van der Waals surface area contributed by atoms with Gasteiger partial charge in [0.25, 0.3) is 0 Å². The number of thiophene rings is 1. The van der Waals surface area contributed by atoms with Crippen molar-refractivity contribution in [2.75, 3.05) is 5.75 Å². The van der Waals surface area contributed by atoms with Gasteiger partial charge in [-0.15, -0.1) is 11.3 Å². The summed E-state index contributed by atoms with van der Waals surface area (Å²) in [7, 11) is -3.36. The Hall–Kier alpha value is -1.14. The van der Waals surface area contributed by atoms with Gasteiger partial charge in [-0.05, 0) is 18.4 Å². The predicted molar refractivity (Wildman–Crippen MR) is 62.1 cm³/mol. The van der Waals surface area contributed by atoms with Gasteiger partial charge in [-0.1, -0.05) is 12.6 Å². The molecule has 88 valence electrons. The molecule has 0 radical (unpaired) electrons. The molecule has 0 saturated heterocycles. The van der Waals surface area contributed by atoms with Crippen molar-refractivity contribution in [1.29, 1.82) is 0 Å². The molecule has 0 bridgehead atoms. The molecule has 0 aromatic carbocycles. The van der Waals surface area contributed by atoms with Gasteiger partial charge in [0.1, 0.15) is 10.3 Å². The molecular weight excluding hydrogens is 248 g/mol. The minimum Gasteiger partial charge on any atom is -0.458 e. The summed E-state index contributed by atoms with van der Waals surface area (Å²) < 4.78 is 28.6. The molecule has 1 unspecified atom stereocenters. The van der Waals surface area contributed by atoms with Gasteiger partial charge < -0.3 is 4.74 Å². The fourth-order valence-corrected chi connectivity index (χ4v) is 3.65. The lowest BCUT2D eigenvalue weighted by atomic mass is 10.5. The number of hydrogen-bond donors (Lipinski definition) is 0. The first-order valence-corrected chi connectivity index (χ1v) is 7.08. The van der Waals surface area contributed by atoms with E-state index in [9.17, 15) is 13.2 Å². The van der Waals surface area contributed by atoms with E-state index in [1.165, 1.54) is 13.0 Å². The average molecular weight is 260 g/mol. The highest BCUT2D eigenvalue weighted by molar-refractivity contribution is 7.93. The van der Waals surface area contributed by atoms with Gasteiger partial charge in [-0.25, -0.2) is 13.2 Å². The maximum Gasteiger partial charge on any atom is 0.330 e. The minimum absolute atomic E-state index is 0.215. The summed E-state index contributed by atoms with van der Waals surface area (Å²) in [6.07, 6.45) is 0.325. The Morgan fingerprint density at radius 1 is 1.69 bits per heavy atom. The molecule has 0 N–H and O–H groups in total. The Labute approximate surface area is 98.5 Å². The van der Waals surface area contributed by atoms with Crippen LogP contribution in [0.25, 0.3) is 0 Å². The van der Waals surface area contributed by atoms with Crippen molar-refractivity contribution in [3.05, 3.63) is 30.2 Å². The highest BCUT2D eigenvalue weighted by Gasteiger charge is 2.21. The number of hydrogen-bond acceptors (Lipinski definition) is 5. The fraction of sp³-hybridized carbons (Fsp3) is 0.300. The van der Waals surface area contributed by atoms with Crippen LogP contribution in [-0.2, 0) is 19.4 Å². The lowest BCUT2D eigenvalue weighted by Crippen LogP contribution is -2.23. The number of carbonyl (C=O) groups excluding carboxylic acids is 1. The number of carbonyl (C=O) groups is 1. The van der Waals surface area contributed by atoms with Crippen LogP contribution in [0.1, 0.15) is 6.92 Å². The summed E-state index contributed by atoms with van der Waals surface area (Å²) in [5.74, 6) is -0.832. The van der Waals surface area contributed by atoms with Crippen molar-refractivity contribution in [2.24, 2.45) is 0 Å². The van der Waals surface area contributed by atoms with Gasteiger partial charge in [0, 0.05) is 6.08 Å². The van der Waals surface area contributed by atoms with Gasteiger partial charge in [0.05, 0.1) is 5.75 Å². The summed E-state index contributed by atoms with van der Waals surface area (Å²) in [5, 5.41) is 1.69. The lowest BCUT2D eigenvalue weighted by Gasteiger charge is -2.11. The minimum atomic E-state index is -3.36. The van der Waals surface area contributed by atoms with Crippen molar-refractivity contribution in [2.45, 2.75) is 17.2 Å². The first-order chi connectivity index (χ1) is 7.45. The average Bonchev–Trinajstić information content (AvgIpc) is 2.69. The standard InChI is InChI=1S/C10H12O4S2/c1-3-9(11)14-8(2)7-16(12,13)10-5-4-6-15-10/h3-6,8H,1,7H2,2H3. The molecule has 0 aliphatic heterocycles. The van der Waals surface area contributed by atoms with Crippen molar-refractivity contribution in [1.82, 2.24) is 0 Å². The smallest absolute Gasteiger partial charge is 0.330 e. The summed E-state index contributed by atoms with van der Waals surface area (Å²) in [5.41, 5.74) is 0. The van der Waals surface area contributed by atoms with Gasteiger partial charge in [-0.3, -0.25) is 0 Å². The summed E-state index contributed by atoms with van der Waals surface area (Å²) in [6.45, 7) is 4.77. The molecule has 16 heavy (non-hydrogen) atoms. The normalized spacial score (nSPS) is 13.1. The van der Waals surface area contributed by atoms with E-state index in [4.69, 9.17) is 4.74 Å². The SMILES string of the molecule is C=CC(=O)OC(C)CS(=O)(=O)c1cccs1. The second-order valence-corrected chi connectivity index (χ2v) is 6.37. The van der Waals surface area contributed by atoms with Crippen molar-refractivity contribution in [3.8, 4) is 0 Å². The Kier molecular flexibility index (Phi) is 4.26. The number of esters is 1. The highest BCUT2D eigenvalue weighted by atomic mass is 32.2. The molecule has 1 aromatic heterocycles. The predicted octanol–water partition coefficient (Wildman–Crippen LogP) is 1.64. The molecule has 0 spiro atoms. The molecule has 6 heteroatoms. The van der Waals surface area contributed by atoms with Crippen LogP contribution in [-0.4, -0.2) is 26.2 Å². The van der Waals surface area contributed by atoms with Crippen LogP contribution in [0.2, 0.25) is 0 Å². The summed E-state index contributed by atoms with van der Waals surface area (Å²) >= 11 is 1.15. The quantitative estimate of drug-likeness (QED) is 0.596. The fourth-order valence-electron chi connectivity index (χ4n) is 1.11. The van der Waals surface area contributed by atoms with Crippen LogP contribution in [0.3, 0.4) is 0 Å². The zero-order valence-electron chi connectivity index (χ0n) is 8.75. The van der Waals surface area contributed by atoms with Crippen molar-refractivity contribution < 1.29 is 17.9 Å². The number of rotatable bonds is 5. The van der Waals surface area contributed by atoms with E-state index in [-0.39, 0.29) is 9.96 Å². The Morgan fingerprint density at radius 2 is 2.38 bits per heavy atom. The first kappa shape index (κ1) is 12.9. The van der Waals surface area contributed by atoms with Gasteiger partial charge in [0.15, 0.2) is 9.84 Å². The second kappa shape index (κ2) is 5.27.